The van der Waals surface area contributed by atoms with Crippen LogP contribution in [0.15, 0.2) is 36.7 Å². The molecule has 7 heteroatoms. The molecule has 2 N–H and O–H groups in total. The number of aromatic amines is 1. The average molecular weight is 369 g/mol. The summed E-state index contributed by atoms with van der Waals surface area (Å²) in [6.07, 6.45) is 6.19. The highest BCUT2D eigenvalue weighted by molar-refractivity contribution is 5.80. The topological polar surface area (TPSA) is 66.1 Å². The van der Waals surface area contributed by atoms with E-state index in [4.69, 9.17) is 4.74 Å². The Morgan fingerprint density at radius 1 is 1.26 bits per heavy atom. The fourth-order valence-electron chi connectivity index (χ4n) is 3.45. The standard InChI is InChI=1S/C20H24FN5O/c1-26(13-17-8-15-7-16(21)4-5-19(15)25-17)12-14-9-22-20(23-10-14)24-11-18-3-2-6-27-18/h4-5,7-10,18,25H,2-3,6,11-13H2,1H3,(H,22,23,24). The number of anilines is 1. The van der Waals surface area contributed by atoms with Crippen LogP contribution in [0.25, 0.3) is 10.9 Å². The summed E-state index contributed by atoms with van der Waals surface area (Å²) >= 11 is 0. The molecule has 1 fully saturated rings. The molecular formula is C20H24FN5O. The van der Waals surface area contributed by atoms with Crippen LogP contribution in [0.1, 0.15) is 24.1 Å². The molecule has 1 atom stereocenters. The number of halogens is 1. The van der Waals surface area contributed by atoms with Gasteiger partial charge in [0, 0.05) is 60.8 Å². The Labute approximate surface area is 157 Å². The van der Waals surface area contributed by atoms with Crippen LogP contribution in [0.4, 0.5) is 10.3 Å². The molecule has 27 heavy (non-hydrogen) atoms. The van der Waals surface area contributed by atoms with Crippen LogP contribution < -0.4 is 5.32 Å². The van der Waals surface area contributed by atoms with Gasteiger partial charge in [-0.15, -0.1) is 0 Å². The molecule has 0 radical (unpaired) electrons. The third-order valence-corrected chi connectivity index (χ3v) is 4.75. The number of rotatable bonds is 7. The van der Waals surface area contributed by atoms with Gasteiger partial charge in [-0.3, -0.25) is 4.90 Å². The van der Waals surface area contributed by atoms with E-state index < -0.39 is 0 Å². The predicted octanol–water partition coefficient (Wildman–Crippen LogP) is 3.32. The number of nitrogens with one attached hydrogen (secondary N) is 2. The Morgan fingerprint density at radius 2 is 2.11 bits per heavy atom. The normalized spacial score (nSPS) is 17.1. The molecule has 1 aliphatic heterocycles. The highest BCUT2D eigenvalue weighted by atomic mass is 19.1. The van der Waals surface area contributed by atoms with Crippen molar-refractivity contribution >= 4 is 16.9 Å². The molecular weight excluding hydrogens is 345 g/mol. The number of fused-ring (bicyclic) bond motifs is 1. The molecule has 0 aliphatic carbocycles. The van der Waals surface area contributed by atoms with Crippen molar-refractivity contribution in [1.29, 1.82) is 0 Å². The number of aromatic nitrogens is 3. The third kappa shape index (κ3) is 4.61. The van der Waals surface area contributed by atoms with E-state index in [1.54, 1.807) is 12.1 Å². The second-order valence-electron chi connectivity index (χ2n) is 7.13. The van der Waals surface area contributed by atoms with E-state index in [1.165, 1.54) is 6.07 Å². The zero-order valence-corrected chi connectivity index (χ0v) is 15.4. The van der Waals surface area contributed by atoms with Crippen molar-refractivity contribution in [3.63, 3.8) is 0 Å². The van der Waals surface area contributed by atoms with Crippen LogP contribution in [-0.4, -0.2) is 46.2 Å². The second-order valence-corrected chi connectivity index (χ2v) is 7.13. The van der Waals surface area contributed by atoms with Gasteiger partial charge < -0.3 is 15.0 Å². The molecule has 1 aromatic carbocycles. The minimum absolute atomic E-state index is 0.216. The summed E-state index contributed by atoms with van der Waals surface area (Å²) in [4.78, 5) is 14.3. The fourth-order valence-corrected chi connectivity index (χ4v) is 3.45. The summed E-state index contributed by atoms with van der Waals surface area (Å²) < 4.78 is 18.9. The number of ether oxygens (including phenoxy) is 1. The number of hydrogen-bond donors (Lipinski definition) is 2. The lowest BCUT2D eigenvalue weighted by Crippen LogP contribution is -2.20. The Kier molecular flexibility index (Phi) is 5.31. The molecule has 0 saturated carbocycles. The van der Waals surface area contributed by atoms with Crippen molar-refractivity contribution in [2.75, 3.05) is 25.5 Å². The number of benzene rings is 1. The summed E-state index contributed by atoms with van der Waals surface area (Å²) in [7, 11) is 2.04. The lowest BCUT2D eigenvalue weighted by Gasteiger charge is -2.16. The molecule has 0 amide bonds. The van der Waals surface area contributed by atoms with E-state index >= 15 is 0 Å². The van der Waals surface area contributed by atoms with Gasteiger partial charge in [0.05, 0.1) is 6.10 Å². The smallest absolute Gasteiger partial charge is 0.222 e. The van der Waals surface area contributed by atoms with Crippen LogP contribution in [0.3, 0.4) is 0 Å². The Balaban J connectivity index is 1.30. The van der Waals surface area contributed by atoms with E-state index in [2.05, 4.69) is 25.2 Å². The van der Waals surface area contributed by atoms with Crippen molar-refractivity contribution in [3.8, 4) is 0 Å². The van der Waals surface area contributed by atoms with Gasteiger partial charge in [0.2, 0.25) is 5.95 Å². The first-order valence-corrected chi connectivity index (χ1v) is 9.28. The van der Waals surface area contributed by atoms with Gasteiger partial charge in [-0.25, -0.2) is 14.4 Å². The quantitative estimate of drug-likeness (QED) is 0.669. The maximum absolute atomic E-state index is 13.3. The highest BCUT2D eigenvalue weighted by Gasteiger charge is 2.15. The first-order valence-electron chi connectivity index (χ1n) is 9.28. The van der Waals surface area contributed by atoms with Crippen LogP contribution >= 0.6 is 0 Å². The summed E-state index contributed by atoms with van der Waals surface area (Å²) in [6.45, 7) is 3.06. The Bertz CT molecular complexity index is 889. The number of nitrogens with zero attached hydrogens (tertiary/aromatic N) is 3. The summed E-state index contributed by atoms with van der Waals surface area (Å²) in [5, 5.41) is 4.12. The van der Waals surface area contributed by atoms with E-state index in [-0.39, 0.29) is 11.9 Å². The average Bonchev–Trinajstić information content (AvgIpc) is 3.30. The lowest BCUT2D eigenvalue weighted by atomic mass is 10.2. The minimum Gasteiger partial charge on any atom is -0.376 e. The number of hydrogen-bond acceptors (Lipinski definition) is 5. The zero-order valence-electron chi connectivity index (χ0n) is 15.4. The first kappa shape index (κ1) is 17.9. The van der Waals surface area contributed by atoms with Crippen LogP contribution in [0.2, 0.25) is 0 Å². The van der Waals surface area contributed by atoms with Gasteiger partial charge in [0.1, 0.15) is 5.82 Å². The van der Waals surface area contributed by atoms with Crippen molar-refractivity contribution in [2.24, 2.45) is 0 Å². The molecule has 0 bridgehead atoms. The molecule has 142 valence electrons. The van der Waals surface area contributed by atoms with Crippen molar-refractivity contribution in [1.82, 2.24) is 19.9 Å². The summed E-state index contributed by atoms with van der Waals surface area (Å²) in [5.41, 5.74) is 3.04. The van der Waals surface area contributed by atoms with Gasteiger partial charge >= 0.3 is 0 Å². The highest BCUT2D eigenvalue weighted by Crippen LogP contribution is 2.18. The SMILES string of the molecule is CN(Cc1cnc(NCC2CCCO2)nc1)Cc1cc2cc(F)ccc2[nH]1. The Morgan fingerprint density at radius 3 is 2.89 bits per heavy atom. The Hall–Kier alpha value is -2.51. The third-order valence-electron chi connectivity index (χ3n) is 4.75. The van der Waals surface area contributed by atoms with E-state index in [9.17, 15) is 4.39 Å². The lowest BCUT2D eigenvalue weighted by molar-refractivity contribution is 0.120. The first-order chi connectivity index (χ1) is 13.2. The summed E-state index contributed by atoms with van der Waals surface area (Å²) in [6, 6.07) is 6.78. The van der Waals surface area contributed by atoms with Gasteiger partial charge in [-0.1, -0.05) is 0 Å². The molecule has 1 unspecified atom stereocenters. The van der Waals surface area contributed by atoms with Crippen LogP contribution in [0.5, 0.6) is 0 Å². The molecule has 3 heterocycles. The van der Waals surface area contributed by atoms with E-state index in [1.807, 2.05) is 25.5 Å². The molecule has 1 saturated heterocycles. The van der Waals surface area contributed by atoms with Gasteiger partial charge in [-0.05, 0) is 44.2 Å². The molecule has 1 aliphatic rings. The van der Waals surface area contributed by atoms with Crippen molar-refractivity contribution in [2.45, 2.75) is 32.0 Å². The molecule has 0 spiro atoms. The van der Waals surface area contributed by atoms with Crippen LogP contribution in [0, 0.1) is 5.82 Å². The van der Waals surface area contributed by atoms with E-state index in [0.29, 0.717) is 5.95 Å². The zero-order chi connectivity index (χ0) is 18.6. The van der Waals surface area contributed by atoms with Crippen molar-refractivity contribution in [3.05, 3.63) is 53.7 Å². The molecule has 6 nitrogen and oxygen atoms in total. The van der Waals surface area contributed by atoms with Crippen LogP contribution in [-0.2, 0) is 17.8 Å². The van der Waals surface area contributed by atoms with Gasteiger partial charge in [-0.2, -0.15) is 0 Å². The molecule has 2 aromatic heterocycles. The maximum atomic E-state index is 13.3. The number of H-pyrrole nitrogens is 1. The summed E-state index contributed by atoms with van der Waals surface area (Å²) in [5.74, 6) is 0.418. The minimum atomic E-state index is -0.216. The fraction of sp³-hybridized carbons (Fsp3) is 0.400. The van der Waals surface area contributed by atoms with E-state index in [0.717, 1.165) is 61.2 Å². The van der Waals surface area contributed by atoms with Gasteiger partial charge in [0.25, 0.3) is 0 Å². The molecule has 3 aromatic rings. The largest absolute Gasteiger partial charge is 0.376 e. The monoisotopic (exact) mass is 369 g/mol. The second kappa shape index (κ2) is 8.02. The van der Waals surface area contributed by atoms with Gasteiger partial charge in [0.15, 0.2) is 0 Å². The molecule has 4 rings (SSSR count). The predicted molar refractivity (Wildman–Crippen MR) is 103 cm³/mol. The van der Waals surface area contributed by atoms with Crippen molar-refractivity contribution < 1.29 is 9.13 Å². The maximum Gasteiger partial charge on any atom is 0.222 e.